The first-order valence-corrected chi connectivity index (χ1v) is 42.8. The average Bonchev–Trinajstić information content (AvgIpc) is 1.06. The molecule has 17 nitrogen and oxygen atoms in total. The number of phosphoric ester groups is 2. The molecule has 0 aromatic carbocycles. The summed E-state index contributed by atoms with van der Waals surface area (Å²) >= 11 is 0. The quantitative estimate of drug-likeness (QED) is 0.0128. The fraction of sp³-hybridized carbons (Fsp3) is 0.778. The van der Waals surface area contributed by atoms with Crippen LogP contribution in [0.5, 0.6) is 0 Å². The molecule has 0 amide bonds. The first-order valence-electron chi connectivity index (χ1n) is 39.8. The Morgan fingerprint density at radius 2 is 0.530 bits per heavy atom. The van der Waals surface area contributed by atoms with E-state index in [2.05, 4.69) is 101 Å². The van der Waals surface area contributed by atoms with Gasteiger partial charge in [0.15, 0.2) is 12.2 Å². The number of hydrogen-bond donors (Lipinski definition) is 3. The molecule has 0 bridgehead atoms. The molecule has 580 valence electrons. The van der Waals surface area contributed by atoms with Gasteiger partial charge in [-0.3, -0.25) is 37.3 Å². The predicted molar refractivity (Wildman–Crippen MR) is 409 cm³/mol. The summed E-state index contributed by atoms with van der Waals surface area (Å²) in [6.07, 6.45) is 75.7. The van der Waals surface area contributed by atoms with Crippen molar-refractivity contribution in [3.63, 3.8) is 0 Å². The summed E-state index contributed by atoms with van der Waals surface area (Å²) in [4.78, 5) is 72.9. The number of hydrogen-bond acceptors (Lipinski definition) is 15. The Kier molecular flexibility index (Phi) is 70.8. The highest BCUT2D eigenvalue weighted by Crippen LogP contribution is 2.45. The lowest BCUT2D eigenvalue weighted by atomic mass is 10.0. The number of esters is 4. The SMILES string of the molecule is CCCCC/C=C\C/C=C\C/C=C\C/C=C\CCCC(=O)OC[C@H](COP(=O)(O)OC[C@H](O)COP(=O)(O)OC[C@@H](COC(=O)CCCCCCC/C=C\C=C/CCCCCC)OC(=O)CCCCCCCCCCCCCCC)OC(=O)CCCCCCC/C=C\CCCCCCCC. The summed E-state index contributed by atoms with van der Waals surface area (Å²) in [5.74, 6) is -2.24. The number of phosphoric acid groups is 2. The van der Waals surface area contributed by atoms with E-state index in [9.17, 15) is 43.2 Å². The van der Waals surface area contributed by atoms with Crippen LogP contribution in [0.25, 0.3) is 0 Å². The van der Waals surface area contributed by atoms with Crippen molar-refractivity contribution < 1.29 is 80.2 Å². The van der Waals surface area contributed by atoms with Crippen LogP contribution in [0.2, 0.25) is 0 Å². The Bertz CT molecular complexity index is 2230. The second-order valence-corrected chi connectivity index (χ2v) is 29.6. The maximum atomic E-state index is 13.1. The number of carbonyl (C=O) groups is 4. The summed E-state index contributed by atoms with van der Waals surface area (Å²) in [6.45, 7) is 4.78. The Hall–Kier alpha value is -3.76. The third-order valence-electron chi connectivity index (χ3n) is 16.9. The van der Waals surface area contributed by atoms with Crippen molar-refractivity contribution in [2.75, 3.05) is 39.6 Å². The molecule has 100 heavy (non-hydrogen) atoms. The molecule has 0 aromatic heterocycles. The first kappa shape index (κ1) is 96.2. The van der Waals surface area contributed by atoms with Gasteiger partial charge in [0, 0.05) is 25.7 Å². The minimum absolute atomic E-state index is 0.0749. The Balaban J connectivity index is 5.39. The summed E-state index contributed by atoms with van der Waals surface area (Å²) < 4.78 is 68.5. The Labute approximate surface area is 608 Å². The summed E-state index contributed by atoms with van der Waals surface area (Å²) in [5, 5.41) is 10.6. The lowest BCUT2D eigenvalue weighted by Gasteiger charge is -2.21. The largest absolute Gasteiger partial charge is 0.472 e. The van der Waals surface area contributed by atoms with Crippen LogP contribution in [-0.2, 0) is 65.4 Å². The molecule has 0 aliphatic heterocycles. The van der Waals surface area contributed by atoms with Crippen LogP contribution >= 0.6 is 15.6 Å². The molecule has 19 heteroatoms. The van der Waals surface area contributed by atoms with Crippen molar-refractivity contribution in [1.82, 2.24) is 0 Å². The van der Waals surface area contributed by atoms with E-state index in [1.54, 1.807) is 0 Å². The van der Waals surface area contributed by atoms with Gasteiger partial charge in [0.2, 0.25) is 0 Å². The molecule has 0 fully saturated rings. The molecule has 0 rings (SSSR count). The molecule has 0 aliphatic carbocycles. The second kappa shape index (κ2) is 73.5. The Morgan fingerprint density at radius 3 is 0.890 bits per heavy atom. The molecule has 0 heterocycles. The van der Waals surface area contributed by atoms with Crippen molar-refractivity contribution in [2.45, 2.75) is 367 Å². The lowest BCUT2D eigenvalue weighted by Crippen LogP contribution is -2.30. The minimum Gasteiger partial charge on any atom is -0.462 e. The topological polar surface area (TPSA) is 237 Å². The standard InChI is InChI=1S/C81H144O17P2/c1-5-9-13-17-21-25-29-33-36-37-40-43-46-50-54-58-62-66-79(84)92-72-77(98-81(86)68-64-60-56-52-48-44-39-35-31-27-23-19-15-11-7-3)74-96-100(89,90)94-70-75(82)69-93-99(87,88)95-73-76(97-80(85)67-63-59-55-51-47-41-32-28-24-20-16-12-8-4)71-91-78(83)65-61-57-53-49-45-42-38-34-30-26-22-18-14-10-6-2/h21,25-26,30,33-36,38-40,43,50,54,75-77,82H,5-20,22-24,27-29,31-32,37,41-42,44-49,51-53,55-74H2,1-4H3,(H,87,88)(H,89,90)/b25-21-,30-26-,36-33-,38-34-,39-35-,43-40-,54-50-/t75-,76-,77-/m1/s1. The van der Waals surface area contributed by atoms with Gasteiger partial charge in [0.25, 0.3) is 0 Å². The zero-order valence-electron chi connectivity index (χ0n) is 63.4. The normalized spacial score (nSPS) is 14.3. The molecule has 0 saturated heterocycles. The third-order valence-corrected chi connectivity index (χ3v) is 18.8. The van der Waals surface area contributed by atoms with Gasteiger partial charge in [-0.25, -0.2) is 9.13 Å². The molecule has 0 aromatic rings. The third kappa shape index (κ3) is 72.6. The van der Waals surface area contributed by atoms with Gasteiger partial charge in [-0.15, -0.1) is 0 Å². The van der Waals surface area contributed by atoms with Crippen LogP contribution < -0.4 is 0 Å². The maximum absolute atomic E-state index is 13.1. The van der Waals surface area contributed by atoms with E-state index < -0.39 is 97.5 Å². The van der Waals surface area contributed by atoms with Crippen molar-refractivity contribution >= 4 is 39.5 Å². The molecule has 0 aliphatic rings. The number of allylic oxidation sites excluding steroid dienone is 14. The molecular weight excluding hydrogens is 1310 g/mol. The van der Waals surface area contributed by atoms with Gasteiger partial charge >= 0.3 is 39.5 Å². The van der Waals surface area contributed by atoms with Gasteiger partial charge in [0.1, 0.15) is 19.3 Å². The summed E-state index contributed by atoms with van der Waals surface area (Å²) in [7, 11) is -9.96. The summed E-state index contributed by atoms with van der Waals surface area (Å²) in [5.41, 5.74) is 0. The molecule has 0 spiro atoms. The van der Waals surface area contributed by atoms with Gasteiger partial charge in [-0.05, 0) is 116 Å². The van der Waals surface area contributed by atoms with Crippen molar-refractivity contribution in [3.8, 4) is 0 Å². The van der Waals surface area contributed by atoms with E-state index in [1.165, 1.54) is 135 Å². The van der Waals surface area contributed by atoms with Gasteiger partial charge < -0.3 is 33.8 Å². The first-order chi connectivity index (χ1) is 48.7. The highest BCUT2D eigenvalue weighted by Gasteiger charge is 2.30. The number of ether oxygens (including phenoxy) is 4. The number of carbonyl (C=O) groups excluding carboxylic acids is 4. The maximum Gasteiger partial charge on any atom is 0.472 e. The highest BCUT2D eigenvalue weighted by molar-refractivity contribution is 7.47. The Morgan fingerprint density at radius 1 is 0.290 bits per heavy atom. The van der Waals surface area contributed by atoms with E-state index in [1.807, 2.05) is 12.2 Å². The van der Waals surface area contributed by atoms with Crippen LogP contribution in [-0.4, -0.2) is 96.7 Å². The molecule has 0 radical (unpaired) electrons. The predicted octanol–water partition coefficient (Wildman–Crippen LogP) is 23.0. The van der Waals surface area contributed by atoms with Crippen molar-refractivity contribution in [2.24, 2.45) is 0 Å². The second-order valence-electron chi connectivity index (χ2n) is 26.7. The highest BCUT2D eigenvalue weighted by atomic mass is 31.2. The number of rotatable bonds is 75. The number of unbranched alkanes of at least 4 members (excludes halogenated alkanes) is 36. The van der Waals surface area contributed by atoms with Gasteiger partial charge in [-0.2, -0.15) is 0 Å². The zero-order valence-corrected chi connectivity index (χ0v) is 65.2. The lowest BCUT2D eigenvalue weighted by molar-refractivity contribution is -0.161. The van der Waals surface area contributed by atoms with E-state index in [-0.39, 0.29) is 25.7 Å². The van der Waals surface area contributed by atoms with Gasteiger partial charge in [-0.1, -0.05) is 293 Å². The molecule has 3 N–H and O–H groups in total. The van der Waals surface area contributed by atoms with Crippen LogP contribution in [0, 0.1) is 0 Å². The molecular formula is C81H144O17P2. The van der Waals surface area contributed by atoms with E-state index in [0.29, 0.717) is 32.1 Å². The fourth-order valence-electron chi connectivity index (χ4n) is 10.7. The van der Waals surface area contributed by atoms with E-state index in [0.717, 1.165) is 128 Å². The zero-order chi connectivity index (χ0) is 73.2. The fourth-order valence-corrected chi connectivity index (χ4v) is 12.3. The van der Waals surface area contributed by atoms with Crippen LogP contribution in [0.15, 0.2) is 85.1 Å². The van der Waals surface area contributed by atoms with Crippen LogP contribution in [0.3, 0.4) is 0 Å². The summed E-state index contributed by atoms with van der Waals surface area (Å²) in [6, 6.07) is 0. The molecule has 2 unspecified atom stereocenters. The smallest absolute Gasteiger partial charge is 0.462 e. The van der Waals surface area contributed by atoms with Gasteiger partial charge in [0.05, 0.1) is 26.4 Å². The van der Waals surface area contributed by atoms with E-state index >= 15 is 0 Å². The minimum atomic E-state index is -4.99. The molecule has 5 atom stereocenters. The van der Waals surface area contributed by atoms with Crippen molar-refractivity contribution in [1.29, 1.82) is 0 Å². The monoisotopic (exact) mass is 1450 g/mol. The van der Waals surface area contributed by atoms with Crippen LogP contribution in [0.4, 0.5) is 0 Å². The average molecular weight is 1450 g/mol. The van der Waals surface area contributed by atoms with E-state index in [4.69, 9.17) is 37.0 Å². The van der Waals surface area contributed by atoms with Crippen molar-refractivity contribution in [3.05, 3.63) is 85.1 Å². The molecule has 0 saturated carbocycles. The number of aliphatic hydroxyl groups excluding tert-OH is 1. The number of aliphatic hydroxyl groups is 1. The van der Waals surface area contributed by atoms with Crippen LogP contribution in [0.1, 0.15) is 349 Å².